The molecule has 44 heavy (non-hydrogen) atoms. The summed E-state index contributed by atoms with van der Waals surface area (Å²) in [6.45, 7) is 0. The number of rotatable bonds is 0. The third-order valence-electron chi connectivity index (χ3n) is 8.30. The highest BCUT2D eigenvalue weighted by molar-refractivity contribution is 6.16. The Morgan fingerprint density at radius 1 is 0.455 bits per heavy atom. The number of fused-ring (bicyclic) bond motifs is 10. The standard InChI is InChI=1S/C16H11N.C13H10.C8H7N.C4H5N/c1-2-7-13-11(5-1)12-6-3-4-8-14(12)16-15(13)9-10-17-16;1-3-7-12-10(5-1)9-11-6-2-4-8-13(11)12;1-2-4-8-7(3-1)5-6-9-8;1-2-4-5-3-1/h1-8,10H,9H2;1-8H,9H2;1-4,6H,5H2;1,3-4H,2H2. The molecule has 212 valence electrons. The summed E-state index contributed by atoms with van der Waals surface area (Å²) in [6, 6.07) is 42.7. The molecule has 0 radical (unpaired) electrons. The molecule has 0 saturated carbocycles. The van der Waals surface area contributed by atoms with E-state index in [1.807, 2.05) is 42.9 Å². The average Bonchev–Trinajstić information content (AvgIpc) is 3.93. The van der Waals surface area contributed by atoms with Crippen molar-refractivity contribution >= 4 is 51.6 Å². The summed E-state index contributed by atoms with van der Waals surface area (Å²) in [6.07, 6.45) is 13.8. The fourth-order valence-electron chi connectivity index (χ4n) is 6.21. The average molecular weight is 568 g/mol. The smallest absolute Gasteiger partial charge is 0.0746 e. The van der Waals surface area contributed by atoms with Crippen LogP contribution in [0.15, 0.2) is 149 Å². The Bertz CT molecular complexity index is 2030. The molecule has 6 aromatic rings. The van der Waals surface area contributed by atoms with Gasteiger partial charge in [-0.3, -0.25) is 15.0 Å². The molecule has 0 amide bonds. The van der Waals surface area contributed by atoms with Crippen LogP contribution >= 0.6 is 0 Å². The number of benzene rings is 6. The molecule has 3 heteroatoms. The highest BCUT2D eigenvalue weighted by Gasteiger charge is 2.16. The molecule has 0 saturated heterocycles. The predicted octanol–water partition coefficient (Wildman–Crippen LogP) is 10.4. The van der Waals surface area contributed by atoms with Gasteiger partial charge in [0.25, 0.3) is 0 Å². The normalized spacial score (nSPS) is 13.6. The van der Waals surface area contributed by atoms with E-state index in [1.165, 1.54) is 60.6 Å². The van der Waals surface area contributed by atoms with E-state index in [9.17, 15) is 0 Å². The monoisotopic (exact) mass is 567 g/mol. The van der Waals surface area contributed by atoms with Crippen LogP contribution in [0.2, 0.25) is 0 Å². The summed E-state index contributed by atoms with van der Waals surface area (Å²) in [7, 11) is 0. The summed E-state index contributed by atoms with van der Waals surface area (Å²) in [5, 5.41) is 5.27. The lowest BCUT2D eigenvalue weighted by molar-refractivity contribution is 1.26. The molecule has 0 unspecified atom stereocenters. The second kappa shape index (κ2) is 12.8. The van der Waals surface area contributed by atoms with Gasteiger partial charge in [-0.15, -0.1) is 0 Å². The van der Waals surface area contributed by atoms with Crippen molar-refractivity contribution in [2.24, 2.45) is 15.0 Å². The van der Waals surface area contributed by atoms with Crippen LogP contribution in [0.5, 0.6) is 0 Å². The number of aliphatic imine (C=N–C) groups is 3. The van der Waals surface area contributed by atoms with Gasteiger partial charge < -0.3 is 0 Å². The van der Waals surface area contributed by atoms with Crippen molar-refractivity contribution in [2.45, 2.75) is 25.7 Å². The van der Waals surface area contributed by atoms with E-state index >= 15 is 0 Å². The Hall–Kier alpha value is -5.41. The van der Waals surface area contributed by atoms with E-state index in [4.69, 9.17) is 0 Å². The fourth-order valence-corrected chi connectivity index (χ4v) is 6.21. The molecule has 0 bridgehead atoms. The summed E-state index contributed by atoms with van der Waals surface area (Å²) >= 11 is 0. The number of allylic oxidation sites excluding steroid dienone is 1. The number of hydrogen-bond acceptors (Lipinski definition) is 3. The van der Waals surface area contributed by atoms with Crippen molar-refractivity contribution in [3.05, 3.63) is 156 Å². The van der Waals surface area contributed by atoms with Crippen molar-refractivity contribution in [2.75, 3.05) is 0 Å². The van der Waals surface area contributed by atoms with Crippen LogP contribution in [0.1, 0.15) is 28.7 Å². The molecular formula is C41H33N3. The van der Waals surface area contributed by atoms with Crippen LogP contribution in [0.4, 0.5) is 11.4 Å². The van der Waals surface area contributed by atoms with Crippen LogP contribution in [-0.2, 0) is 19.3 Å². The molecule has 10 rings (SSSR count). The van der Waals surface area contributed by atoms with Crippen molar-refractivity contribution in [3.63, 3.8) is 0 Å². The van der Waals surface area contributed by atoms with E-state index in [2.05, 4.69) is 118 Å². The van der Waals surface area contributed by atoms with E-state index < -0.39 is 0 Å². The number of hydrogen-bond donors (Lipinski definition) is 0. The Balaban J connectivity index is 0.000000102. The lowest BCUT2D eigenvalue weighted by atomic mass is 9.95. The lowest BCUT2D eigenvalue weighted by Gasteiger charge is -2.09. The van der Waals surface area contributed by atoms with Gasteiger partial charge in [0.1, 0.15) is 0 Å². The Morgan fingerprint density at radius 2 is 1.02 bits per heavy atom. The Labute approximate surface area is 258 Å². The first-order chi connectivity index (χ1) is 21.9. The predicted molar refractivity (Wildman–Crippen MR) is 189 cm³/mol. The SMILES string of the molecule is C1=CN=CC1.C1=Nc2c(c3ccccc3c3ccccc23)C1.C1=Nc2ccccc2C1.c1ccc2c(c1)Cc1ccccc1-2. The topological polar surface area (TPSA) is 37.1 Å². The third-order valence-corrected chi connectivity index (χ3v) is 8.30. The molecule has 4 aliphatic rings. The van der Waals surface area contributed by atoms with Gasteiger partial charge in [-0.05, 0) is 62.0 Å². The first-order valence-corrected chi connectivity index (χ1v) is 15.2. The van der Waals surface area contributed by atoms with Gasteiger partial charge in [-0.2, -0.15) is 0 Å². The van der Waals surface area contributed by atoms with Crippen molar-refractivity contribution < 1.29 is 0 Å². The quantitative estimate of drug-likeness (QED) is 0.164. The zero-order valence-electron chi connectivity index (χ0n) is 24.6. The lowest BCUT2D eigenvalue weighted by Crippen LogP contribution is -1.85. The molecular weight excluding hydrogens is 534 g/mol. The minimum Gasteiger partial charge on any atom is -0.269 e. The van der Waals surface area contributed by atoms with Crippen molar-refractivity contribution in [3.8, 4) is 11.1 Å². The van der Waals surface area contributed by atoms with Crippen molar-refractivity contribution in [1.82, 2.24) is 0 Å². The summed E-state index contributed by atoms with van der Waals surface area (Å²) in [5.74, 6) is 0. The molecule has 0 N–H and O–H groups in total. The largest absolute Gasteiger partial charge is 0.269 e. The summed E-state index contributed by atoms with van der Waals surface area (Å²) in [4.78, 5) is 12.5. The summed E-state index contributed by atoms with van der Waals surface area (Å²) < 4.78 is 0. The number of para-hydroxylation sites is 1. The van der Waals surface area contributed by atoms with Gasteiger partial charge in [0, 0.05) is 49.5 Å². The molecule has 3 nitrogen and oxygen atoms in total. The zero-order chi connectivity index (χ0) is 29.6. The third kappa shape index (κ3) is 5.65. The van der Waals surface area contributed by atoms with Gasteiger partial charge in [-0.1, -0.05) is 121 Å². The van der Waals surface area contributed by atoms with E-state index in [-0.39, 0.29) is 0 Å². The van der Waals surface area contributed by atoms with Crippen LogP contribution in [0.25, 0.3) is 32.7 Å². The molecule has 0 aromatic heterocycles. The molecule has 0 atom stereocenters. The molecule has 3 aliphatic heterocycles. The Kier molecular flexibility index (Phi) is 8.01. The zero-order valence-corrected chi connectivity index (χ0v) is 24.6. The maximum atomic E-state index is 4.55. The van der Waals surface area contributed by atoms with Crippen LogP contribution in [-0.4, -0.2) is 18.6 Å². The van der Waals surface area contributed by atoms with Gasteiger partial charge in [0.05, 0.1) is 11.4 Å². The summed E-state index contributed by atoms with van der Waals surface area (Å²) in [5.41, 5.74) is 10.8. The minimum absolute atomic E-state index is 0.959. The second-order valence-corrected chi connectivity index (χ2v) is 11.0. The van der Waals surface area contributed by atoms with Gasteiger partial charge in [0.2, 0.25) is 0 Å². The maximum Gasteiger partial charge on any atom is 0.0746 e. The van der Waals surface area contributed by atoms with Gasteiger partial charge in [0.15, 0.2) is 0 Å². The second-order valence-electron chi connectivity index (χ2n) is 11.0. The number of nitrogens with zero attached hydrogens (tertiary/aromatic N) is 3. The van der Waals surface area contributed by atoms with Crippen LogP contribution in [0, 0.1) is 0 Å². The van der Waals surface area contributed by atoms with E-state index in [0.717, 1.165) is 31.4 Å². The van der Waals surface area contributed by atoms with Crippen molar-refractivity contribution in [1.29, 1.82) is 0 Å². The minimum atomic E-state index is 0.959. The maximum absolute atomic E-state index is 4.55. The van der Waals surface area contributed by atoms with E-state index in [1.54, 1.807) is 6.20 Å². The molecule has 6 aromatic carbocycles. The fraction of sp³-hybridized carbons (Fsp3) is 0.0976. The molecule has 3 heterocycles. The van der Waals surface area contributed by atoms with E-state index in [0.29, 0.717) is 0 Å². The highest BCUT2D eigenvalue weighted by atomic mass is 14.8. The highest BCUT2D eigenvalue weighted by Crippen LogP contribution is 2.40. The van der Waals surface area contributed by atoms with Gasteiger partial charge >= 0.3 is 0 Å². The Morgan fingerprint density at radius 3 is 1.66 bits per heavy atom. The first-order valence-electron chi connectivity index (χ1n) is 15.2. The van der Waals surface area contributed by atoms with Crippen LogP contribution < -0.4 is 0 Å². The molecule has 0 spiro atoms. The van der Waals surface area contributed by atoms with Crippen LogP contribution in [0.3, 0.4) is 0 Å². The molecule has 0 fully saturated rings. The molecule has 1 aliphatic carbocycles. The first kappa shape index (κ1) is 27.4. The van der Waals surface area contributed by atoms with Gasteiger partial charge in [-0.25, -0.2) is 0 Å².